The Morgan fingerprint density at radius 3 is 2.93 bits per heavy atom. The van der Waals surface area contributed by atoms with Crippen molar-refractivity contribution in [1.29, 1.82) is 0 Å². The van der Waals surface area contributed by atoms with Crippen LogP contribution < -0.4 is 4.74 Å². The molecule has 0 amide bonds. The van der Waals surface area contributed by atoms with E-state index in [2.05, 4.69) is 45.0 Å². The van der Waals surface area contributed by atoms with Crippen LogP contribution in [0.2, 0.25) is 0 Å². The summed E-state index contributed by atoms with van der Waals surface area (Å²) in [5.74, 6) is 0. The number of aromatic nitrogens is 3. The van der Waals surface area contributed by atoms with Crippen LogP contribution in [0.15, 0.2) is 60.2 Å². The minimum absolute atomic E-state index is 0.322. The van der Waals surface area contributed by atoms with Gasteiger partial charge in [0.1, 0.15) is 6.61 Å². The zero-order valence-corrected chi connectivity index (χ0v) is 17.1. The number of rotatable bonds is 5. The van der Waals surface area contributed by atoms with Crippen molar-refractivity contribution in [3.63, 3.8) is 0 Å². The zero-order valence-electron chi connectivity index (χ0n) is 16.3. The average Bonchev–Trinajstić information content (AvgIpc) is 3.25. The van der Waals surface area contributed by atoms with E-state index in [1.165, 1.54) is 15.8 Å². The van der Waals surface area contributed by atoms with Crippen molar-refractivity contribution in [2.75, 3.05) is 6.54 Å². The van der Waals surface area contributed by atoms with Crippen LogP contribution >= 0.6 is 11.3 Å². The van der Waals surface area contributed by atoms with Gasteiger partial charge in [-0.05, 0) is 30.2 Å². The molecule has 5 rings (SSSR count). The maximum absolute atomic E-state index is 5.79. The lowest BCUT2D eigenvalue weighted by atomic mass is 10.0. The molecule has 0 aliphatic carbocycles. The van der Waals surface area contributed by atoms with Gasteiger partial charge >= 0.3 is 6.01 Å². The Kier molecular flexibility index (Phi) is 4.96. The fourth-order valence-corrected chi connectivity index (χ4v) is 4.45. The summed E-state index contributed by atoms with van der Waals surface area (Å²) in [6.45, 7) is 4.57. The van der Waals surface area contributed by atoms with E-state index < -0.39 is 0 Å². The lowest BCUT2D eigenvalue weighted by Crippen LogP contribution is -2.33. The molecule has 1 aliphatic heterocycles. The molecule has 0 saturated carbocycles. The van der Waals surface area contributed by atoms with Crippen LogP contribution in [0.4, 0.5) is 0 Å². The van der Waals surface area contributed by atoms with Gasteiger partial charge in [-0.3, -0.25) is 4.90 Å². The minimum atomic E-state index is 0.322. The van der Waals surface area contributed by atoms with E-state index in [1.54, 1.807) is 11.3 Å². The van der Waals surface area contributed by atoms with E-state index >= 15 is 0 Å². The molecular weight excluding hydrogens is 380 g/mol. The van der Waals surface area contributed by atoms with Gasteiger partial charge in [-0.15, -0.1) is 11.3 Å². The molecule has 146 valence electrons. The van der Waals surface area contributed by atoms with Crippen LogP contribution in [0.3, 0.4) is 0 Å². The normalized spacial score (nSPS) is 15.2. The second-order valence-electron chi connectivity index (χ2n) is 7.37. The van der Waals surface area contributed by atoms with Crippen LogP contribution in [0.5, 0.6) is 6.01 Å². The highest BCUT2D eigenvalue weighted by Crippen LogP contribution is 2.29. The molecule has 0 fully saturated rings. The number of ether oxygens (including phenoxy) is 1. The quantitative estimate of drug-likeness (QED) is 0.481. The first-order chi connectivity index (χ1) is 14.3. The number of hydrogen-bond acceptors (Lipinski definition) is 6. The average molecular weight is 403 g/mol. The molecule has 0 saturated heterocycles. The van der Waals surface area contributed by atoms with Crippen molar-refractivity contribution in [3.05, 3.63) is 82.6 Å². The van der Waals surface area contributed by atoms with Gasteiger partial charge in [0.15, 0.2) is 0 Å². The topological polar surface area (TPSA) is 51.1 Å². The molecule has 2 aromatic heterocycles. The minimum Gasteiger partial charge on any atom is -0.459 e. The van der Waals surface area contributed by atoms with E-state index in [4.69, 9.17) is 4.74 Å². The Hall–Kier alpha value is -2.83. The fourth-order valence-electron chi connectivity index (χ4n) is 3.79. The van der Waals surface area contributed by atoms with Crippen LogP contribution in [-0.4, -0.2) is 26.4 Å². The SMILES string of the molecule is CC(c1ccc2scnc2c1)N1CCc2nc(OCc3ccccc3)ncc2C1. The molecule has 29 heavy (non-hydrogen) atoms. The second kappa shape index (κ2) is 7.89. The van der Waals surface area contributed by atoms with Crippen molar-refractivity contribution in [2.24, 2.45) is 0 Å². The smallest absolute Gasteiger partial charge is 0.316 e. The van der Waals surface area contributed by atoms with Crippen LogP contribution in [0.25, 0.3) is 10.2 Å². The Bertz CT molecular complexity index is 1130. The predicted octanol–water partition coefficient (Wildman–Crippen LogP) is 4.78. The second-order valence-corrected chi connectivity index (χ2v) is 8.26. The Balaban J connectivity index is 1.28. The molecule has 5 nitrogen and oxygen atoms in total. The molecule has 0 radical (unpaired) electrons. The number of hydrogen-bond donors (Lipinski definition) is 0. The Morgan fingerprint density at radius 2 is 2.03 bits per heavy atom. The van der Waals surface area contributed by atoms with Crippen molar-refractivity contribution < 1.29 is 4.74 Å². The van der Waals surface area contributed by atoms with Gasteiger partial charge in [-0.1, -0.05) is 36.4 Å². The summed E-state index contributed by atoms with van der Waals surface area (Å²) < 4.78 is 7.03. The van der Waals surface area contributed by atoms with E-state index in [1.807, 2.05) is 42.0 Å². The molecule has 6 heteroatoms. The van der Waals surface area contributed by atoms with Crippen LogP contribution in [0, 0.1) is 0 Å². The molecule has 2 aromatic carbocycles. The first-order valence-corrected chi connectivity index (χ1v) is 10.7. The van der Waals surface area contributed by atoms with Gasteiger partial charge in [0, 0.05) is 37.3 Å². The molecule has 0 spiro atoms. The van der Waals surface area contributed by atoms with Crippen molar-refractivity contribution in [2.45, 2.75) is 32.5 Å². The third kappa shape index (κ3) is 3.86. The largest absolute Gasteiger partial charge is 0.459 e. The lowest BCUT2D eigenvalue weighted by molar-refractivity contribution is 0.188. The van der Waals surface area contributed by atoms with E-state index in [9.17, 15) is 0 Å². The Labute approximate surface area is 174 Å². The van der Waals surface area contributed by atoms with Crippen molar-refractivity contribution >= 4 is 21.6 Å². The maximum atomic E-state index is 5.79. The van der Waals surface area contributed by atoms with Crippen LogP contribution in [0.1, 0.15) is 35.3 Å². The van der Waals surface area contributed by atoms with Crippen molar-refractivity contribution in [1.82, 2.24) is 19.9 Å². The maximum Gasteiger partial charge on any atom is 0.316 e. The third-order valence-corrected chi connectivity index (χ3v) is 6.35. The zero-order chi connectivity index (χ0) is 19.6. The molecule has 1 atom stereocenters. The summed E-state index contributed by atoms with van der Waals surface area (Å²) in [4.78, 5) is 16.0. The van der Waals surface area contributed by atoms with Gasteiger partial charge in [0.2, 0.25) is 0 Å². The highest BCUT2D eigenvalue weighted by Gasteiger charge is 2.23. The summed E-state index contributed by atoms with van der Waals surface area (Å²) >= 11 is 1.68. The summed E-state index contributed by atoms with van der Waals surface area (Å²) in [5.41, 5.74) is 7.69. The van der Waals surface area contributed by atoms with Gasteiger partial charge in [0.05, 0.1) is 21.4 Å². The van der Waals surface area contributed by atoms with Gasteiger partial charge in [-0.25, -0.2) is 9.97 Å². The Morgan fingerprint density at radius 1 is 1.14 bits per heavy atom. The molecule has 1 aliphatic rings. The first kappa shape index (κ1) is 18.2. The van der Waals surface area contributed by atoms with E-state index in [-0.39, 0.29) is 0 Å². The summed E-state index contributed by atoms with van der Waals surface area (Å²) in [7, 11) is 0. The monoisotopic (exact) mass is 402 g/mol. The molecule has 4 aromatic rings. The highest BCUT2D eigenvalue weighted by molar-refractivity contribution is 7.16. The number of fused-ring (bicyclic) bond motifs is 2. The number of nitrogens with zero attached hydrogens (tertiary/aromatic N) is 4. The molecular formula is C23H22N4OS. The first-order valence-electron chi connectivity index (χ1n) is 9.85. The third-order valence-electron chi connectivity index (χ3n) is 5.54. The fraction of sp³-hybridized carbons (Fsp3) is 0.261. The standard InChI is InChI=1S/C23H22N4OS/c1-16(18-7-8-22-21(11-18)25-15-29-22)27-10-9-20-19(13-27)12-24-23(26-20)28-14-17-5-3-2-4-6-17/h2-8,11-12,15-16H,9-10,13-14H2,1H3. The summed E-state index contributed by atoms with van der Waals surface area (Å²) in [6.07, 6.45) is 2.83. The van der Waals surface area contributed by atoms with E-state index in [0.717, 1.165) is 36.3 Å². The molecule has 0 N–H and O–H groups in total. The van der Waals surface area contributed by atoms with E-state index in [0.29, 0.717) is 18.7 Å². The van der Waals surface area contributed by atoms with Crippen molar-refractivity contribution in [3.8, 4) is 6.01 Å². The highest BCUT2D eigenvalue weighted by atomic mass is 32.1. The van der Waals surface area contributed by atoms with Crippen LogP contribution in [-0.2, 0) is 19.6 Å². The van der Waals surface area contributed by atoms with Gasteiger partial charge in [0.25, 0.3) is 0 Å². The summed E-state index contributed by atoms with van der Waals surface area (Å²) in [6, 6.07) is 17.5. The number of benzene rings is 2. The molecule has 0 bridgehead atoms. The number of thiazole rings is 1. The molecule has 1 unspecified atom stereocenters. The molecule has 3 heterocycles. The lowest BCUT2D eigenvalue weighted by Gasteiger charge is -2.33. The summed E-state index contributed by atoms with van der Waals surface area (Å²) in [5, 5.41) is 0. The predicted molar refractivity (Wildman–Crippen MR) is 115 cm³/mol. The van der Waals surface area contributed by atoms with Gasteiger partial charge < -0.3 is 4.74 Å². The van der Waals surface area contributed by atoms with Gasteiger partial charge in [-0.2, -0.15) is 4.98 Å².